The molecule has 0 aliphatic rings. The van der Waals surface area contributed by atoms with Crippen LogP contribution in [0.5, 0.6) is 0 Å². The van der Waals surface area contributed by atoms with E-state index >= 15 is 0 Å². The van der Waals surface area contributed by atoms with Crippen molar-refractivity contribution in [3.8, 4) is 0 Å². The molecule has 0 amide bonds. The van der Waals surface area contributed by atoms with E-state index in [2.05, 4.69) is 15.9 Å². The minimum Gasteiger partial charge on any atom is -0.478 e. The smallest absolute Gasteiger partial charge is 0.337 e. The molecule has 1 aromatic heterocycles. The molecule has 0 aliphatic carbocycles. The second-order valence-corrected chi connectivity index (χ2v) is 14.8. The Morgan fingerprint density at radius 1 is 0.787 bits per heavy atom. The van der Waals surface area contributed by atoms with Gasteiger partial charge in [-0.25, -0.2) is 21.6 Å². The number of rotatable bonds is 15. The predicted octanol–water partition coefficient (Wildman–Crippen LogP) is 6.63. The molecule has 0 fully saturated rings. The Bertz CT molecular complexity index is 2040. The Hall–Kier alpha value is -4.26. The monoisotopic (exact) mass is 735 g/mol. The zero-order valence-corrected chi connectivity index (χ0v) is 28.7. The highest BCUT2D eigenvalue weighted by Crippen LogP contribution is 2.27. The van der Waals surface area contributed by atoms with Crippen LogP contribution in [0.2, 0.25) is 0 Å². The van der Waals surface area contributed by atoms with Crippen LogP contribution in [-0.2, 0) is 39.5 Å². The lowest BCUT2D eigenvalue weighted by molar-refractivity contribution is 0.0697. The standard InChI is InChI=1S/C35H34BrN3O6S2/c36-29-16-20-31(21-17-29)38(46(42)43)22-5-6-23-39(34-13-4-2-11-32(34)35(40)41)47(44,45)25-27-9-7-8-26(24-27)14-18-30-19-15-28-10-1-3-12-33(28)37-30/h1-4,7-13,15-17,19-21,24,46H,5-6,14,18,22-23,25H2,(H,40,41). The Balaban J connectivity index is 1.31. The van der Waals surface area contributed by atoms with E-state index in [1.54, 1.807) is 42.5 Å². The van der Waals surface area contributed by atoms with Gasteiger partial charge in [0.1, 0.15) is 0 Å². The Labute approximate surface area is 284 Å². The molecule has 0 saturated carbocycles. The van der Waals surface area contributed by atoms with Gasteiger partial charge in [-0.3, -0.25) is 13.6 Å². The molecule has 0 radical (unpaired) electrons. The Kier molecular flexibility index (Phi) is 11.3. The fraction of sp³-hybridized carbons (Fsp3) is 0.200. The summed E-state index contributed by atoms with van der Waals surface area (Å²) >= 11 is 3.34. The van der Waals surface area contributed by atoms with Gasteiger partial charge in [-0.15, -0.1) is 0 Å². The number of carbonyl (C=O) groups is 1. The number of benzene rings is 4. The molecule has 0 atom stereocenters. The number of aryl methyl sites for hydroxylation is 2. The first kappa shape index (κ1) is 34.1. The van der Waals surface area contributed by atoms with Crippen LogP contribution in [0.4, 0.5) is 11.4 Å². The predicted molar refractivity (Wildman–Crippen MR) is 190 cm³/mol. The highest BCUT2D eigenvalue weighted by atomic mass is 79.9. The summed E-state index contributed by atoms with van der Waals surface area (Å²) < 4.78 is 55.2. The van der Waals surface area contributed by atoms with Gasteiger partial charge in [0, 0.05) is 28.6 Å². The maximum Gasteiger partial charge on any atom is 0.337 e. The lowest BCUT2D eigenvalue weighted by atomic mass is 10.0. The van der Waals surface area contributed by atoms with Gasteiger partial charge in [0.05, 0.1) is 28.2 Å². The van der Waals surface area contributed by atoms with E-state index < -0.39 is 26.9 Å². The normalized spacial score (nSPS) is 11.5. The third-order valence-electron chi connectivity index (χ3n) is 7.71. The van der Waals surface area contributed by atoms with E-state index in [0.717, 1.165) is 30.9 Å². The van der Waals surface area contributed by atoms with Crippen LogP contribution < -0.4 is 8.61 Å². The molecule has 0 bridgehead atoms. The molecule has 0 saturated heterocycles. The number of aromatic carboxylic acids is 1. The van der Waals surface area contributed by atoms with Crippen LogP contribution in [0.1, 0.15) is 40.0 Å². The van der Waals surface area contributed by atoms with Crippen LogP contribution in [0.25, 0.3) is 10.9 Å². The number of sulfonamides is 1. The number of thiol groups is 1. The second-order valence-electron chi connectivity index (χ2n) is 11.0. The van der Waals surface area contributed by atoms with Gasteiger partial charge >= 0.3 is 5.97 Å². The van der Waals surface area contributed by atoms with Crippen molar-refractivity contribution in [1.82, 2.24) is 4.98 Å². The molecule has 0 aliphatic heterocycles. The van der Waals surface area contributed by atoms with Crippen LogP contribution in [0.15, 0.2) is 114 Å². The first-order valence-corrected chi connectivity index (χ1v) is 18.6. The first-order chi connectivity index (χ1) is 22.6. The van der Waals surface area contributed by atoms with Crippen LogP contribution in [-0.4, -0.2) is 46.0 Å². The number of hydrogen-bond acceptors (Lipinski definition) is 6. The Morgan fingerprint density at radius 2 is 1.49 bits per heavy atom. The Morgan fingerprint density at radius 3 is 2.26 bits per heavy atom. The minimum absolute atomic E-state index is 0.0240. The fourth-order valence-electron chi connectivity index (χ4n) is 5.40. The minimum atomic E-state index is -4.05. The number of unbranched alkanes of at least 4 members (excludes halogenated alkanes) is 1. The summed E-state index contributed by atoms with van der Waals surface area (Å²) in [5.74, 6) is -1.57. The van der Waals surface area contributed by atoms with Crippen LogP contribution >= 0.6 is 15.9 Å². The molecule has 9 nitrogen and oxygen atoms in total. The molecule has 244 valence electrons. The zero-order chi connectivity index (χ0) is 33.4. The molecule has 1 N–H and O–H groups in total. The summed E-state index contributed by atoms with van der Waals surface area (Å²) in [6.45, 7) is 0.118. The molecule has 1 heterocycles. The molecule has 47 heavy (non-hydrogen) atoms. The number of anilines is 2. The molecule has 4 aromatic carbocycles. The summed E-state index contributed by atoms with van der Waals surface area (Å²) in [5, 5.41) is 10.9. The van der Waals surface area contributed by atoms with E-state index in [9.17, 15) is 26.7 Å². The van der Waals surface area contributed by atoms with Gasteiger partial charge in [-0.05, 0) is 85.3 Å². The second kappa shape index (κ2) is 15.6. The largest absolute Gasteiger partial charge is 0.478 e. The SMILES string of the molecule is O=C(O)c1ccccc1N(CCCCN(c1ccc(Br)cc1)[SH](=O)=O)S(=O)(=O)Cc1cccc(CCc2ccc3ccccc3n2)c1. The van der Waals surface area contributed by atoms with E-state index in [1.165, 1.54) is 16.4 Å². The van der Waals surface area contributed by atoms with Crippen molar-refractivity contribution in [2.45, 2.75) is 31.4 Å². The van der Waals surface area contributed by atoms with E-state index in [-0.39, 0.29) is 30.1 Å². The maximum atomic E-state index is 14.0. The van der Waals surface area contributed by atoms with E-state index in [4.69, 9.17) is 4.98 Å². The molecular formula is C35H34BrN3O6S2. The lowest BCUT2D eigenvalue weighted by Gasteiger charge is -2.26. The van der Waals surface area contributed by atoms with Gasteiger partial charge in [0.25, 0.3) is 0 Å². The van der Waals surface area contributed by atoms with Gasteiger partial charge in [0.15, 0.2) is 0 Å². The lowest BCUT2D eigenvalue weighted by Crippen LogP contribution is -2.35. The number of carboxylic acids is 1. The van der Waals surface area contributed by atoms with Crippen molar-refractivity contribution in [3.05, 3.63) is 136 Å². The van der Waals surface area contributed by atoms with Crippen molar-refractivity contribution in [1.29, 1.82) is 0 Å². The zero-order valence-electron chi connectivity index (χ0n) is 25.4. The summed E-state index contributed by atoms with van der Waals surface area (Å²) in [7, 11) is -6.97. The average molecular weight is 737 g/mol. The number of aromatic nitrogens is 1. The van der Waals surface area contributed by atoms with Gasteiger partial charge < -0.3 is 5.11 Å². The van der Waals surface area contributed by atoms with Crippen molar-refractivity contribution >= 4 is 65.1 Å². The van der Waals surface area contributed by atoms with Gasteiger partial charge in [-0.1, -0.05) is 76.6 Å². The van der Waals surface area contributed by atoms with Crippen molar-refractivity contribution < 1.29 is 26.7 Å². The molecule has 5 rings (SSSR count). The summed E-state index contributed by atoms with van der Waals surface area (Å²) in [6.07, 6.45) is 1.99. The number of carboxylic acid groups (broad SMARTS) is 1. The topological polar surface area (TPSA) is 125 Å². The third kappa shape index (κ3) is 8.97. The van der Waals surface area contributed by atoms with Crippen LogP contribution in [0, 0.1) is 0 Å². The number of pyridine rings is 1. The molecular weight excluding hydrogens is 702 g/mol. The van der Waals surface area contributed by atoms with Gasteiger partial charge in [-0.2, -0.15) is 0 Å². The number of fused-ring (bicyclic) bond motifs is 1. The summed E-state index contributed by atoms with van der Waals surface area (Å²) in [6, 6.07) is 32.2. The van der Waals surface area contributed by atoms with Crippen molar-refractivity contribution in [2.75, 3.05) is 21.7 Å². The van der Waals surface area contributed by atoms with E-state index in [1.807, 2.05) is 54.6 Å². The number of para-hydroxylation sites is 2. The molecule has 0 spiro atoms. The highest BCUT2D eigenvalue weighted by Gasteiger charge is 2.27. The van der Waals surface area contributed by atoms with Crippen LogP contribution in [0.3, 0.4) is 0 Å². The van der Waals surface area contributed by atoms with E-state index in [0.29, 0.717) is 36.9 Å². The van der Waals surface area contributed by atoms with Gasteiger partial charge in [0.2, 0.25) is 20.9 Å². The highest BCUT2D eigenvalue weighted by molar-refractivity contribution is 9.10. The number of nitrogens with zero attached hydrogens (tertiary/aromatic N) is 3. The first-order valence-electron chi connectivity index (χ1n) is 15.0. The summed E-state index contributed by atoms with van der Waals surface area (Å²) in [5.41, 5.74) is 3.85. The number of halogens is 1. The molecule has 12 heteroatoms. The quantitative estimate of drug-likeness (QED) is 0.0914. The molecule has 0 unspecified atom stereocenters. The van der Waals surface area contributed by atoms with Crippen molar-refractivity contribution in [3.63, 3.8) is 0 Å². The molecule has 5 aromatic rings. The number of hydrogen-bond donors (Lipinski definition) is 2. The van der Waals surface area contributed by atoms with Crippen molar-refractivity contribution in [2.24, 2.45) is 0 Å². The summed E-state index contributed by atoms with van der Waals surface area (Å²) in [4.78, 5) is 16.8. The fourth-order valence-corrected chi connectivity index (χ4v) is 7.91. The maximum absolute atomic E-state index is 14.0. The third-order valence-corrected chi connectivity index (χ3v) is 10.8. The average Bonchev–Trinajstić information content (AvgIpc) is 3.05.